The molecule has 0 aromatic carbocycles. The van der Waals surface area contributed by atoms with Crippen LogP contribution in [0.15, 0.2) is 0 Å². The molecule has 2 amide bonds. The van der Waals surface area contributed by atoms with Gasteiger partial charge in [0.15, 0.2) is 0 Å². The quantitative estimate of drug-likeness (QED) is 0.764. The first-order chi connectivity index (χ1) is 12.1. The molecule has 26 heavy (non-hydrogen) atoms. The average Bonchev–Trinajstić information content (AvgIpc) is 3.14. The summed E-state index contributed by atoms with van der Waals surface area (Å²) < 4.78 is 0. The van der Waals surface area contributed by atoms with Crippen LogP contribution in [0.2, 0.25) is 0 Å². The van der Waals surface area contributed by atoms with Crippen molar-refractivity contribution in [2.24, 2.45) is 11.8 Å². The molecule has 0 aromatic heterocycles. The Hall–Kier alpha value is -0.810. The van der Waals surface area contributed by atoms with E-state index in [1.165, 1.54) is 25.7 Å². The number of halogens is 1. The summed E-state index contributed by atoms with van der Waals surface area (Å²) in [5.41, 5.74) is 0. The van der Waals surface area contributed by atoms with Crippen LogP contribution in [0.4, 0.5) is 0 Å². The van der Waals surface area contributed by atoms with Crippen LogP contribution in [0.3, 0.4) is 0 Å². The fraction of sp³-hybridized carbons (Fsp3) is 0.900. The third-order valence-electron chi connectivity index (χ3n) is 6.59. The Kier molecular flexibility index (Phi) is 8.68. The molecule has 0 unspecified atom stereocenters. The fourth-order valence-electron chi connectivity index (χ4n) is 4.91. The predicted molar refractivity (Wildman–Crippen MR) is 106 cm³/mol. The van der Waals surface area contributed by atoms with E-state index in [2.05, 4.69) is 10.6 Å². The molecule has 1 aliphatic heterocycles. The smallest absolute Gasteiger partial charge is 0.225 e. The van der Waals surface area contributed by atoms with E-state index in [-0.39, 0.29) is 30.3 Å². The van der Waals surface area contributed by atoms with E-state index in [1.807, 2.05) is 11.9 Å². The number of hydrogen-bond donors (Lipinski definition) is 2. The zero-order valence-corrected chi connectivity index (χ0v) is 17.0. The summed E-state index contributed by atoms with van der Waals surface area (Å²) in [6.45, 7) is 2.03. The minimum atomic E-state index is 0. The monoisotopic (exact) mass is 385 g/mol. The van der Waals surface area contributed by atoms with E-state index in [0.29, 0.717) is 24.3 Å². The van der Waals surface area contributed by atoms with Crippen LogP contribution in [0.5, 0.6) is 0 Å². The molecule has 6 heteroatoms. The number of nitrogens with zero attached hydrogens (tertiary/aromatic N) is 1. The second-order valence-electron chi connectivity index (χ2n) is 8.40. The molecule has 1 saturated heterocycles. The van der Waals surface area contributed by atoms with Crippen molar-refractivity contribution >= 4 is 24.2 Å². The SMILES string of the molecule is CN(C(=O)C1CCC(NC(=O)CC2CCCC2)CC1)C1CCNCC1.Cl. The third kappa shape index (κ3) is 5.85. The Balaban J connectivity index is 0.00000243. The molecule has 3 rings (SSSR count). The van der Waals surface area contributed by atoms with Crippen LogP contribution in [-0.4, -0.2) is 48.9 Å². The first-order valence-electron chi connectivity index (χ1n) is 10.4. The summed E-state index contributed by atoms with van der Waals surface area (Å²) >= 11 is 0. The molecular weight excluding hydrogens is 350 g/mol. The maximum atomic E-state index is 12.8. The van der Waals surface area contributed by atoms with Gasteiger partial charge >= 0.3 is 0 Å². The van der Waals surface area contributed by atoms with Crippen molar-refractivity contribution in [1.82, 2.24) is 15.5 Å². The largest absolute Gasteiger partial charge is 0.353 e. The Morgan fingerprint density at radius 3 is 2.19 bits per heavy atom. The number of carbonyl (C=O) groups excluding carboxylic acids is 2. The molecule has 2 N–H and O–H groups in total. The van der Waals surface area contributed by atoms with Gasteiger partial charge in [0.05, 0.1) is 0 Å². The topological polar surface area (TPSA) is 61.4 Å². The van der Waals surface area contributed by atoms with E-state index >= 15 is 0 Å². The van der Waals surface area contributed by atoms with Crippen molar-refractivity contribution in [3.63, 3.8) is 0 Å². The van der Waals surface area contributed by atoms with Gasteiger partial charge in [0.25, 0.3) is 0 Å². The van der Waals surface area contributed by atoms with E-state index in [9.17, 15) is 9.59 Å². The molecule has 0 spiro atoms. The number of piperidine rings is 1. The van der Waals surface area contributed by atoms with Crippen LogP contribution in [0.25, 0.3) is 0 Å². The van der Waals surface area contributed by atoms with E-state index in [0.717, 1.165) is 51.6 Å². The van der Waals surface area contributed by atoms with Gasteiger partial charge in [-0.2, -0.15) is 0 Å². The van der Waals surface area contributed by atoms with Gasteiger partial charge in [-0.15, -0.1) is 12.4 Å². The maximum Gasteiger partial charge on any atom is 0.225 e. The lowest BCUT2D eigenvalue weighted by Crippen LogP contribution is -2.47. The van der Waals surface area contributed by atoms with Gasteiger partial charge in [-0.05, 0) is 70.4 Å². The highest BCUT2D eigenvalue weighted by Crippen LogP contribution is 2.29. The number of hydrogen-bond acceptors (Lipinski definition) is 3. The van der Waals surface area contributed by atoms with Crippen LogP contribution in [-0.2, 0) is 9.59 Å². The van der Waals surface area contributed by atoms with Crippen molar-refractivity contribution in [3.05, 3.63) is 0 Å². The molecule has 1 heterocycles. The van der Waals surface area contributed by atoms with Crippen molar-refractivity contribution in [1.29, 1.82) is 0 Å². The van der Waals surface area contributed by atoms with Gasteiger partial charge in [-0.1, -0.05) is 12.8 Å². The Morgan fingerprint density at radius 1 is 0.962 bits per heavy atom. The molecule has 3 aliphatic rings. The predicted octanol–water partition coefficient (Wildman–Crippen LogP) is 2.87. The first kappa shape index (κ1) is 21.5. The molecular formula is C20H36ClN3O2. The Morgan fingerprint density at radius 2 is 1.58 bits per heavy atom. The summed E-state index contributed by atoms with van der Waals surface area (Å²) in [5, 5.41) is 6.59. The minimum Gasteiger partial charge on any atom is -0.353 e. The average molecular weight is 386 g/mol. The number of carbonyl (C=O) groups is 2. The van der Waals surface area contributed by atoms with Gasteiger partial charge in [0.1, 0.15) is 0 Å². The highest BCUT2D eigenvalue weighted by molar-refractivity contribution is 5.85. The molecule has 3 fully saturated rings. The van der Waals surface area contributed by atoms with E-state index < -0.39 is 0 Å². The minimum absolute atomic E-state index is 0. The normalized spacial score (nSPS) is 27.6. The van der Waals surface area contributed by atoms with Crippen LogP contribution < -0.4 is 10.6 Å². The fourth-order valence-corrected chi connectivity index (χ4v) is 4.91. The molecule has 0 radical (unpaired) electrons. The van der Waals surface area contributed by atoms with Crippen molar-refractivity contribution in [2.45, 2.75) is 82.7 Å². The first-order valence-corrected chi connectivity index (χ1v) is 10.4. The zero-order chi connectivity index (χ0) is 17.6. The van der Waals surface area contributed by atoms with Crippen LogP contribution >= 0.6 is 12.4 Å². The summed E-state index contributed by atoms with van der Waals surface area (Å²) in [7, 11) is 1.98. The van der Waals surface area contributed by atoms with Gasteiger partial charge in [-0.25, -0.2) is 0 Å². The Labute approximate surface area is 164 Å². The second-order valence-corrected chi connectivity index (χ2v) is 8.40. The highest BCUT2D eigenvalue weighted by atomic mass is 35.5. The molecule has 2 aliphatic carbocycles. The number of amides is 2. The second kappa shape index (κ2) is 10.5. The van der Waals surface area contributed by atoms with Crippen molar-refractivity contribution < 1.29 is 9.59 Å². The molecule has 0 bridgehead atoms. The zero-order valence-electron chi connectivity index (χ0n) is 16.2. The summed E-state index contributed by atoms with van der Waals surface area (Å²) in [6, 6.07) is 0.680. The third-order valence-corrected chi connectivity index (χ3v) is 6.59. The summed E-state index contributed by atoms with van der Waals surface area (Å²) in [4.78, 5) is 27.0. The van der Waals surface area contributed by atoms with Crippen molar-refractivity contribution in [2.75, 3.05) is 20.1 Å². The Bertz CT molecular complexity index is 454. The molecule has 5 nitrogen and oxygen atoms in total. The lowest BCUT2D eigenvalue weighted by molar-refractivity contribution is -0.138. The lowest BCUT2D eigenvalue weighted by Gasteiger charge is -2.36. The van der Waals surface area contributed by atoms with Gasteiger partial charge in [-0.3, -0.25) is 9.59 Å². The summed E-state index contributed by atoms with van der Waals surface area (Å²) in [6.07, 6.45) is 11.6. The van der Waals surface area contributed by atoms with Gasteiger partial charge in [0, 0.05) is 31.5 Å². The van der Waals surface area contributed by atoms with E-state index in [1.54, 1.807) is 0 Å². The number of nitrogens with one attached hydrogen (secondary N) is 2. The molecule has 0 atom stereocenters. The number of rotatable bonds is 5. The van der Waals surface area contributed by atoms with E-state index in [4.69, 9.17) is 0 Å². The van der Waals surface area contributed by atoms with Gasteiger partial charge in [0.2, 0.25) is 11.8 Å². The standard InChI is InChI=1S/C20H35N3O2.ClH/c1-23(18-10-12-21-13-11-18)20(25)16-6-8-17(9-7-16)22-19(24)14-15-4-2-3-5-15;/h15-18,21H,2-14H2,1H3,(H,22,24);1H. The summed E-state index contributed by atoms with van der Waals surface area (Å²) in [5.74, 6) is 1.32. The molecule has 2 saturated carbocycles. The van der Waals surface area contributed by atoms with Gasteiger partial charge < -0.3 is 15.5 Å². The van der Waals surface area contributed by atoms with Crippen LogP contribution in [0, 0.1) is 11.8 Å². The lowest BCUT2D eigenvalue weighted by atomic mass is 9.84. The highest BCUT2D eigenvalue weighted by Gasteiger charge is 2.32. The van der Waals surface area contributed by atoms with Crippen LogP contribution in [0.1, 0.15) is 70.6 Å². The molecule has 150 valence electrons. The molecule has 0 aromatic rings. The van der Waals surface area contributed by atoms with Crippen molar-refractivity contribution in [3.8, 4) is 0 Å². The maximum absolute atomic E-state index is 12.8.